The molecule has 0 N–H and O–H groups in total. The van der Waals surface area contributed by atoms with Crippen LogP contribution in [0.15, 0.2) is 40.7 Å². The van der Waals surface area contributed by atoms with Crippen molar-refractivity contribution < 1.29 is 4.92 Å². The lowest BCUT2D eigenvalue weighted by Gasteiger charge is -2.04. The maximum absolute atomic E-state index is 10.8. The third-order valence-electron chi connectivity index (χ3n) is 2.96. The molecule has 0 fully saturated rings. The molecule has 0 aliphatic carbocycles. The summed E-state index contributed by atoms with van der Waals surface area (Å²) in [5.74, 6) is 0.598. The second kappa shape index (κ2) is 6.42. The summed E-state index contributed by atoms with van der Waals surface area (Å²) >= 11 is 15.2. The molecule has 0 aliphatic heterocycles. The summed E-state index contributed by atoms with van der Waals surface area (Å²) in [6.07, 6.45) is 0. The quantitative estimate of drug-likeness (QED) is 0.330. The van der Waals surface area contributed by atoms with Gasteiger partial charge in [-0.1, -0.05) is 41.0 Å². The molecule has 4 nitrogen and oxygen atoms in total. The van der Waals surface area contributed by atoms with Gasteiger partial charge >= 0.3 is 0 Å². The molecule has 0 bridgehead atoms. The average molecular weight is 371 g/mol. The Hall–Kier alpha value is -1.34. The number of hydrogen-bond acceptors (Lipinski definition) is 5. The second-order valence-electron chi connectivity index (χ2n) is 4.38. The van der Waals surface area contributed by atoms with Crippen molar-refractivity contribution in [1.29, 1.82) is 0 Å². The van der Waals surface area contributed by atoms with Crippen LogP contribution >= 0.6 is 46.3 Å². The standard InChI is InChI=1S/C14H8Cl2N2O2S2/c15-10-2-1-3-11(16)9(10)7-21-14-17-12-5-4-8(18(19)20)6-13(12)22-14/h1-6H,7H2. The van der Waals surface area contributed by atoms with Crippen LogP contribution < -0.4 is 0 Å². The number of hydrogen-bond donors (Lipinski definition) is 0. The fourth-order valence-electron chi connectivity index (χ4n) is 1.87. The molecule has 0 amide bonds. The molecule has 0 spiro atoms. The minimum absolute atomic E-state index is 0.0712. The highest BCUT2D eigenvalue weighted by atomic mass is 35.5. The van der Waals surface area contributed by atoms with Gasteiger partial charge in [0.25, 0.3) is 5.69 Å². The highest BCUT2D eigenvalue weighted by Crippen LogP contribution is 2.36. The lowest BCUT2D eigenvalue weighted by atomic mass is 10.2. The summed E-state index contributed by atoms with van der Waals surface area (Å²) in [5, 5.41) is 12.0. The number of thioether (sulfide) groups is 1. The van der Waals surface area contributed by atoms with Gasteiger partial charge in [-0.25, -0.2) is 4.98 Å². The van der Waals surface area contributed by atoms with E-state index in [9.17, 15) is 10.1 Å². The molecule has 3 aromatic rings. The van der Waals surface area contributed by atoms with Crippen molar-refractivity contribution in [3.8, 4) is 0 Å². The van der Waals surface area contributed by atoms with Crippen LogP contribution in [0.1, 0.15) is 5.56 Å². The van der Waals surface area contributed by atoms with Gasteiger partial charge in [-0.3, -0.25) is 10.1 Å². The van der Waals surface area contributed by atoms with Gasteiger partial charge in [-0.2, -0.15) is 0 Å². The van der Waals surface area contributed by atoms with Crippen molar-refractivity contribution in [1.82, 2.24) is 4.98 Å². The molecule has 22 heavy (non-hydrogen) atoms. The number of rotatable bonds is 4. The average Bonchev–Trinajstić information content (AvgIpc) is 2.88. The Balaban J connectivity index is 1.84. The Kier molecular flexibility index (Phi) is 4.54. The maximum atomic E-state index is 10.8. The van der Waals surface area contributed by atoms with E-state index in [2.05, 4.69) is 4.98 Å². The second-order valence-corrected chi connectivity index (χ2v) is 7.45. The zero-order chi connectivity index (χ0) is 15.7. The van der Waals surface area contributed by atoms with Crippen LogP contribution in [0.2, 0.25) is 10.0 Å². The summed E-state index contributed by atoms with van der Waals surface area (Å²) in [7, 11) is 0. The molecule has 2 aromatic carbocycles. The normalized spacial score (nSPS) is 11.0. The van der Waals surface area contributed by atoms with Crippen molar-refractivity contribution >= 4 is 62.2 Å². The number of non-ortho nitro benzene ring substituents is 1. The van der Waals surface area contributed by atoms with E-state index in [1.54, 1.807) is 30.3 Å². The Labute approximate surface area is 144 Å². The smallest absolute Gasteiger partial charge is 0.258 e. The van der Waals surface area contributed by atoms with Crippen molar-refractivity contribution in [2.24, 2.45) is 0 Å². The first-order valence-corrected chi connectivity index (χ1v) is 8.71. The van der Waals surface area contributed by atoms with Crippen LogP contribution in [0.4, 0.5) is 5.69 Å². The summed E-state index contributed by atoms with van der Waals surface area (Å²) < 4.78 is 1.62. The lowest BCUT2D eigenvalue weighted by molar-refractivity contribution is -0.384. The molecule has 0 atom stereocenters. The summed E-state index contributed by atoms with van der Waals surface area (Å²) in [4.78, 5) is 14.8. The Morgan fingerprint density at radius 2 is 1.95 bits per heavy atom. The number of nitrogens with zero attached hydrogens (tertiary/aromatic N) is 2. The number of aromatic nitrogens is 1. The largest absolute Gasteiger partial charge is 0.270 e. The molecule has 1 heterocycles. The molecular weight excluding hydrogens is 363 g/mol. The maximum Gasteiger partial charge on any atom is 0.270 e. The number of nitro groups is 1. The van der Waals surface area contributed by atoms with Gasteiger partial charge in [0.2, 0.25) is 0 Å². The van der Waals surface area contributed by atoms with Crippen LogP contribution in [0, 0.1) is 10.1 Å². The monoisotopic (exact) mass is 370 g/mol. The Bertz CT molecular complexity index is 847. The topological polar surface area (TPSA) is 56.0 Å². The van der Waals surface area contributed by atoms with Crippen molar-refractivity contribution in [3.63, 3.8) is 0 Å². The summed E-state index contributed by atoms with van der Waals surface area (Å²) in [5.41, 5.74) is 1.69. The van der Waals surface area contributed by atoms with Crippen LogP contribution in [0.5, 0.6) is 0 Å². The predicted octanol–water partition coefficient (Wildman–Crippen LogP) is 5.80. The minimum atomic E-state index is -0.407. The fraction of sp³-hybridized carbons (Fsp3) is 0.0714. The van der Waals surface area contributed by atoms with Crippen molar-refractivity contribution in [2.75, 3.05) is 0 Å². The highest BCUT2D eigenvalue weighted by molar-refractivity contribution is 8.00. The molecule has 112 valence electrons. The van der Waals surface area contributed by atoms with Gasteiger partial charge in [-0.05, 0) is 23.8 Å². The number of nitro benzene ring substituents is 1. The number of benzene rings is 2. The van der Waals surface area contributed by atoms with Gasteiger partial charge < -0.3 is 0 Å². The van der Waals surface area contributed by atoms with Crippen LogP contribution in [-0.2, 0) is 5.75 Å². The van der Waals surface area contributed by atoms with Gasteiger partial charge in [0.15, 0.2) is 4.34 Å². The third kappa shape index (κ3) is 3.20. The van der Waals surface area contributed by atoms with E-state index < -0.39 is 4.92 Å². The Morgan fingerprint density at radius 3 is 2.64 bits per heavy atom. The highest BCUT2D eigenvalue weighted by Gasteiger charge is 2.12. The van der Waals surface area contributed by atoms with E-state index in [1.807, 2.05) is 0 Å². The Morgan fingerprint density at radius 1 is 1.23 bits per heavy atom. The van der Waals surface area contributed by atoms with Crippen molar-refractivity contribution in [3.05, 3.63) is 62.1 Å². The summed E-state index contributed by atoms with van der Waals surface area (Å²) in [6.45, 7) is 0. The summed E-state index contributed by atoms with van der Waals surface area (Å²) in [6, 6.07) is 10.1. The molecule has 0 unspecified atom stereocenters. The first-order valence-electron chi connectivity index (χ1n) is 6.15. The van der Waals surface area contributed by atoms with E-state index in [0.29, 0.717) is 15.8 Å². The van der Waals surface area contributed by atoms with Gasteiger partial charge in [-0.15, -0.1) is 11.3 Å². The molecule has 0 saturated carbocycles. The molecule has 0 aliphatic rings. The van der Waals surface area contributed by atoms with E-state index in [-0.39, 0.29) is 5.69 Å². The third-order valence-corrected chi connectivity index (χ3v) is 5.86. The lowest BCUT2D eigenvalue weighted by Crippen LogP contribution is -1.86. The first kappa shape index (κ1) is 15.6. The van der Waals surface area contributed by atoms with Gasteiger partial charge in [0, 0.05) is 27.9 Å². The molecule has 8 heteroatoms. The SMILES string of the molecule is O=[N+]([O-])c1ccc2nc(SCc3c(Cl)cccc3Cl)sc2c1. The van der Waals surface area contributed by atoms with Gasteiger partial charge in [0.1, 0.15) is 0 Å². The zero-order valence-electron chi connectivity index (χ0n) is 11.0. The van der Waals surface area contributed by atoms with E-state index >= 15 is 0 Å². The predicted molar refractivity (Wildman–Crippen MR) is 92.3 cm³/mol. The zero-order valence-corrected chi connectivity index (χ0v) is 14.1. The van der Waals surface area contributed by atoms with Crippen LogP contribution in [0.3, 0.4) is 0 Å². The number of fused-ring (bicyclic) bond motifs is 1. The number of halogens is 2. The van der Waals surface area contributed by atoms with E-state index in [4.69, 9.17) is 23.2 Å². The minimum Gasteiger partial charge on any atom is -0.258 e. The van der Waals surface area contributed by atoms with E-state index in [0.717, 1.165) is 20.1 Å². The van der Waals surface area contributed by atoms with Crippen molar-refractivity contribution in [2.45, 2.75) is 10.1 Å². The molecule has 0 saturated heterocycles. The molecule has 1 aromatic heterocycles. The van der Waals surface area contributed by atoms with Crippen LogP contribution in [0.25, 0.3) is 10.2 Å². The fourth-order valence-corrected chi connectivity index (χ4v) is 4.71. The van der Waals surface area contributed by atoms with Crippen LogP contribution in [-0.4, -0.2) is 9.91 Å². The molecule has 3 rings (SSSR count). The number of thiazole rings is 1. The molecular formula is C14H8Cl2N2O2S2. The van der Waals surface area contributed by atoms with E-state index in [1.165, 1.54) is 29.2 Å². The molecule has 0 radical (unpaired) electrons. The first-order chi connectivity index (χ1) is 10.5. The van der Waals surface area contributed by atoms with Gasteiger partial charge in [0.05, 0.1) is 15.1 Å².